The van der Waals surface area contributed by atoms with Crippen LogP contribution in [0.5, 0.6) is 5.75 Å². The molecule has 0 saturated carbocycles. The number of hydrogen-bond donors (Lipinski definition) is 0. The first-order valence-electron chi connectivity index (χ1n) is 11.0. The van der Waals surface area contributed by atoms with E-state index in [-0.39, 0.29) is 11.1 Å². The van der Waals surface area contributed by atoms with Gasteiger partial charge in [0.1, 0.15) is 5.75 Å². The van der Waals surface area contributed by atoms with Gasteiger partial charge in [-0.15, -0.1) is 0 Å². The van der Waals surface area contributed by atoms with E-state index in [1.54, 1.807) is 54.6 Å². The van der Waals surface area contributed by atoms with Crippen LogP contribution in [-0.2, 0) is 14.3 Å². The second-order valence-electron chi connectivity index (χ2n) is 8.75. The topological polar surface area (TPSA) is 90.0 Å². The van der Waals surface area contributed by atoms with Crippen LogP contribution in [0.2, 0.25) is 0 Å². The minimum absolute atomic E-state index is 0.211. The minimum atomic E-state index is -2.08. The zero-order valence-corrected chi connectivity index (χ0v) is 20.6. The first-order valence-corrected chi connectivity index (χ1v) is 12.1. The van der Waals surface area contributed by atoms with Crippen LogP contribution in [0.4, 0.5) is 5.69 Å². The normalized spacial score (nSPS) is 24.3. The molecular formula is C27H18INO6. The summed E-state index contributed by atoms with van der Waals surface area (Å²) in [6, 6.07) is 20.3. The van der Waals surface area contributed by atoms with Crippen molar-refractivity contribution in [2.24, 2.45) is 11.8 Å². The third-order valence-corrected chi connectivity index (χ3v) is 7.70. The summed E-state index contributed by atoms with van der Waals surface area (Å²) in [4.78, 5) is 56.3. The van der Waals surface area contributed by atoms with Crippen LogP contribution in [0.25, 0.3) is 0 Å². The van der Waals surface area contributed by atoms with E-state index in [2.05, 4.69) is 22.6 Å². The van der Waals surface area contributed by atoms with Gasteiger partial charge >= 0.3 is 0 Å². The van der Waals surface area contributed by atoms with E-state index in [0.717, 1.165) is 8.47 Å². The first-order chi connectivity index (χ1) is 16.9. The summed E-state index contributed by atoms with van der Waals surface area (Å²) >= 11 is 2.15. The highest BCUT2D eigenvalue weighted by molar-refractivity contribution is 14.1. The number of imide groups is 1. The van der Waals surface area contributed by atoms with Crippen molar-refractivity contribution in [1.29, 1.82) is 0 Å². The van der Waals surface area contributed by atoms with E-state index >= 15 is 0 Å². The van der Waals surface area contributed by atoms with Crippen molar-refractivity contribution in [1.82, 2.24) is 0 Å². The van der Waals surface area contributed by atoms with Crippen LogP contribution >= 0.6 is 22.6 Å². The summed E-state index contributed by atoms with van der Waals surface area (Å²) < 4.78 is 12.4. The molecule has 35 heavy (non-hydrogen) atoms. The number of amides is 2. The molecular weight excluding hydrogens is 561 g/mol. The van der Waals surface area contributed by atoms with Gasteiger partial charge < -0.3 is 9.47 Å². The van der Waals surface area contributed by atoms with E-state index in [0.29, 0.717) is 17.0 Å². The minimum Gasteiger partial charge on any atom is -0.497 e. The van der Waals surface area contributed by atoms with Crippen LogP contribution in [-0.4, -0.2) is 36.1 Å². The van der Waals surface area contributed by atoms with Crippen LogP contribution < -0.4 is 9.64 Å². The molecule has 2 fully saturated rings. The van der Waals surface area contributed by atoms with Gasteiger partial charge in [-0.25, -0.2) is 4.90 Å². The van der Waals surface area contributed by atoms with Crippen LogP contribution in [0.15, 0.2) is 72.8 Å². The van der Waals surface area contributed by atoms with Gasteiger partial charge in [0.2, 0.25) is 29.0 Å². The predicted octanol–water partition coefficient (Wildman–Crippen LogP) is 3.99. The molecule has 3 aliphatic rings. The molecule has 8 heteroatoms. The number of fused-ring (bicyclic) bond motifs is 3. The number of methoxy groups -OCH3 is 1. The van der Waals surface area contributed by atoms with Crippen molar-refractivity contribution in [2.75, 3.05) is 12.0 Å². The van der Waals surface area contributed by atoms with E-state index in [9.17, 15) is 19.2 Å². The Hall–Kier alpha value is -3.37. The monoisotopic (exact) mass is 579 g/mol. The van der Waals surface area contributed by atoms with Gasteiger partial charge in [-0.05, 0) is 64.6 Å². The number of ether oxygens (including phenoxy) is 2. The molecule has 1 aliphatic carbocycles. The molecule has 0 aromatic heterocycles. The van der Waals surface area contributed by atoms with Crippen molar-refractivity contribution >= 4 is 51.7 Å². The molecule has 2 heterocycles. The fourth-order valence-corrected chi connectivity index (χ4v) is 6.05. The zero-order chi connectivity index (χ0) is 24.5. The SMILES string of the molecule is COc1ccc(N2C(=O)[C@@H]3[C@@H](c4cccc(I)c4)OC4(C(=O)c5ccccc5C4=O)[C@H]3C2=O)cc1. The lowest BCUT2D eigenvalue weighted by molar-refractivity contribution is -0.127. The number of nitrogens with zero attached hydrogens (tertiary/aromatic N) is 1. The number of anilines is 1. The van der Waals surface area contributed by atoms with E-state index in [4.69, 9.17) is 9.47 Å². The van der Waals surface area contributed by atoms with Gasteiger partial charge in [-0.2, -0.15) is 0 Å². The summed E-state index contributed by atoms with van der Waals surface area (Å²) in [5, 5.41) is 0. The van der Waals surface area contributed by atoms with Gasteiger partial charge in [0.15, 0.2) is 0 Å². The molecule has 6 rings (SSSR count). The van der Waals surface area contributed by atoms with Crippen molar-refractivity contribution in [3.63, 3.8) is 0 Å². The fraction of sp³-hybridized carbons (Fsp3) is 0.185. The summed E-state index contributed by atoms with van der Waals surface area (Å²) in [6.45, 7) is 0. The number of benzene rings is 3. The predicted molar refractivity (Wildman–Crippen MR) is 133 cm³/mol. The number of carbonyl (C=O) groups is 4. The maximum Gasteiger partial charge on any atom is 0.241 e. The molecule has 0 radical (unpaired) electrons. The van der Waals surface area contributed by atoms with Gasteiger partial charge in [0.05, 0.1) is 30.7 Å². The number of carbonyl (C=O) groups excluding carboxylic acids is 4. The van der Waals surface area contributed by atoms with Crippen LogP contribution in [0.1, 0.15) is 32.4 Å². The Labute approximate surface area is 214 Å². The third kappa shape index (κ3) is 2.93. The van der Waals surface area contributed by atoms with Crippen LogP contribution in [0, 0.1) is 15.4 Å². The molecule has 2 saturated heterocycles. The second-order valence-corrected chi connectivity index (χ2v) is 9.99. The largest absolute Gasteiger partial charge is 0.497 e. The van der Waals surface area contributed by atoms with Crippen molar-refractivity contribution in [2.45, 2.75) is 11.7 Å². The van der Waals surface area contributed by atoms with Crippen molar-refractivity contribution in [3.8, 4) is 5.75 Å². The highest BCUT2D eigenvalue weighted by atomic mass is 127. The van der Waals surface area contributed by atoms with Gasteiger partial charge in [-0.3, -0.25) is 19.2 Å². The summed E-state index contributed by atoms with van der Waals surface area (Å²) in [5.74, 6) is -3.98. The quantitative estimate of drug-likeness (QED) is 0.265. The van der Waals surface area contributed by atoms with Crippen molar-refractivity contribution < 1.29 is 28.7 Å². The van der Waals surface area contributed by atoms with E-state index in [1.807, 2.05) is 18.2 Å². The Morgan fingerprint density at radius 3 is 2.11 bits per heavy atom. The Balaban J connectivity index is 1.53. The Bertz CT molecular complexity index is 1400. The molecule has 3 aromatic rings. The van der Waals surface area contributed by atoms with Gasteiger partial charge in [0.25, 0.3) is 0 Å². The summed E-state index contributed by atoms with van der Waals surface area (Å²) in [7, 11) is 1.52. The van der Waals surface area contributed by atoms with Gasteiger partial charge in [0, 0.05) is 14.7 Å². The average Bonchev–Trinajstić information content (AvgIpc) is 3.44. The number of rotatable bonds is 3. The standard InChI is InChI=1S/C27H18INO6/c1-34-17-11-9-16(10-12-17)29-25(32)20-21(26(29)33)27(35-22(20)14-5-4-6-15(28)13-14)23(30)18-7-2-3-8-19(18)24(27)31/h2-13,20-22H,1H3/t20-,21+,22+/m0/s1. The maximum atomic E-state index is 13.9. The van der Waals surface area contributed by atoms with Crippen LogP contribution in [0.3, 0.4) is 0 Å². The molecule has 3 atom stereocenters. The Kier molecular flexibility index (Phi) is 4.94. The van der Waals surface area contributed by atoms with E-state index < -0.39 is 46.9 Å². The maximum absolute atomic E-state index is 13.9. The molecule has 0 N–H and O–H groups in total. The highest BCUT2D eigenvalue weighted by Crippen LogP contribution is 2.57. The number of ketones is 2. The Morgan fingerprint density at radius 1 is 0.857 bits per heavy atom. The second kappa shape index (κ2) is 7.82. The summed E-state index contributed by atoms with van der Waals surface area (Å²) in [6.07, 6.45) is -0.934. The van der Waals surface area contributed by atoms with E-state index in [1.165, 1.54) is 7.11 Å². The molecule has 2 amide bonds. The highest BCUT2D eigenvalue weighted by Gasteiger charge is 2.74. The number of halogens is 1. The zero-order valence-electron chi connectivity index (χ0n) is 18.4. The molecule has 0 bridgehead atoms. The Morgan fingerprint density at radius 2 is 1.51 bits per heavy atom. The average molecular weight is 579 g/mol. The first kappa shape index (κ1) is 22.1. The summed E-state index contributed by atoms with van der Waals surface area (Å²) in [5.41, 5.74) is -0.667. The number of hydrogen-bond acceptors (Lipinski definition) is 6. The lowest BCUT2D eigenvalue weighted by Crippen LogP contribution is -2.51. The lowest BCUT2D eigenvalue weighted by atomic mass is 9.77. The number of Topliss-reactive ketones (excluding diaryl/α,β-unsaturated/α-hetero) is 2. The molecule has 7 nitrogen and oxygen atoms in total. The smallest absolute Gasteiger partial charge is 0.241 e. The molecule has 174 valence electrons. The molecule has 3 aromatic carbocycles. The molecule has 0 unspecified atom stereocenters. The van der Waals surface area contributed by atoms with Crippen molar-refractivity contribution in [3.05, 3.63) is 93.1 Å². The third-order valence-electron chi connectivity index (χ3n) is 7.03. The molecule has 1 spiro atoms. The molecule has 2 aliphatic heterocycles. The lowest BCUT2D eigenvalue weighted by Gasteiger charge is -2.27. The van der Waals surface area contributed by atoms with Gasteiger partial charge in [-0.1, -0.05) is 36.4 Å². The fourth-order valence-electron chi connectivity index (χ4n) is 5.49.